The molecule has 0 atom stereocenters. The van der Waals surface area contributed by atoms with Crippen LogP contribution in [0.15, 0.2) is 4.99 Å². The molecule has 7 heteroatoms. The van der Waals surface area contributed by atoms with Crippen molar-refractivity contribution in [2.24, 2.45) is 4.99 Å². The Kier molecular flexibility index (Phi) is 5.96. The first-order valence-electron chi connectivity index (χ1n) is 6.29. The number of hydrogen-bond donors (Lipinski definition) is 3. The molecule has 0 aromatic heterocycles. The largest absolute Gasteiger partial charge is 0.357 e. The smallest absolute Gasteiger partial charge is 0.324 e. The van der Waals surface area contributed by atoms with Crippen molar-refractivity contribution in [3.8, 4) is 0 Å². The third-order valence-corrected chi connectivity index (χ3v) is 2.40. The molecule has 0 radical (unpaired) electrons. The van der Waals surface area contributed by atoms with Gasteiger partial charge in [-0.1, -0.05) is 6.92 Å². The molecule has 102 valence electrons. The Labute approximate surface area is 107 Å². The number of aliphatic imine (C=N–C) groups is 1. The number of urea groups is 1. The standard InChI is InChI=1S/C11H21N5O2/c1-3-5-13-10(12-4-2)14-6-7-16-9(17)8-15-11(16)18/h3-8H2,1-2H3,(H,15,18)(H2,12,13,14). The van der Waals surface area contributed by atoms with Crippen molar-refractivity contribution in [2.45, 2.75) is 20.3 Å². The van der Waals surface area contributed by atoms with Gasteiger partial charge in [0, 0.05) is 26.2 Å². The third kappa shape index (κ3) is 4.23. The molecule has 0 aromatic carbocycles. The van der Waals surface area contributed by atoms with E-state index in [-0.39, 0.29) is 18.5 Å². The molecule has 1 aliphatic rings. The second-order valence-electron chi connectivity index (χ2n) is 3.89. The molecule has 0 aromatic rings. The van der Waals surface area contributed by atoms with Gasteiger partial charge in [-0.05, 0) is 13.3 Å². The molecule has 1 rings (SSSR count). The molecule has 7 nitrogen and oxygen atoms in total. The Morgan fingerprint density at radius 2 is 2.17 bits per heavy atom. The number of carbonyl (C=O) groups is 2. The van der Waals surface area contributed by atoms with Gasteiger partial charge in [0.2, 0.25) is 5.91 Å². The van der Waals surface area contributed by atoms with Crippen LogP contribution in [0.25, 0.3) is 0 Å². The van der Waals surface area contributed by atoms with Crippen LogP contribution >= 0.6 is 0 Å². The zero-order valence-corrected chi connectivity index (χ0v) is 11.0. The second kappa shape index (κ2) is 7.52. The van der Waals surface area contributed by atoms with Crippen molar-refractivity contribution < 1.29 is 9.59 Å². The van der Waals surface area contributed by atoms with Gasteiger partial charge in [-0.25, -0.2) is 4.79 Å². The van der Waals surface area contributed by atoms with Crippen LogP contribution in [0.2, 0.25) is 0 Å². The molecule has 18 heavy (non-hydrogen) atoms. The van der Waals surface area contributed by atoms with Crippen LogP contribution < -0.4 is 16.0 Å². The normalized spacial score (nSPS) is 15.9. The highest BCUT2D eigenvalue weighted by atomic mass is 16.2. The lowest BCUT2D eigenvalue weighted by Crippen LogP contribution is -2.43. The fourth-order valence-corrected chi connectivity index (χ4v) is 1.53. The molecule has 1 saturated heterocycles. The van der Waals surface area contributed by atoms with Gasteiger partial charge in [0.05, 0.1) is 6.54 Å². The average molecular weight is 255 g/mol. The number of imide groups is 1. The maximum atomic E-state index is 11.3. The fraction of sp³-hybridized carbons (Fsp3) is 0.727. The van der Waals surface area contributed by atoms with E-state index in [0.717, 1.165) is 19.5 Å². The van der Waals surface area contributed by atoms with E-state index in [2.05, 4.69) is 27.9 Å². The SMILES string of the molecule is CCCN=C(NCC)NCCN1C(=O)CNC1=O. The Hall–Kier alpha value is -1.79. The average Bonchev–Trinajstić information content (AvgIpc) is 2.67. The fourth-order valence-electron chi connectivity index (χ4n) is 1.53. The summed E-state index contributed by atoms with van der Waals surface area (Å²) in [5.41, 5.74) is 0. The molecule has 0 spiro atoms. The molecule has 0 unspecified atom stereocenters. The number of guanidine groups is 1. The maximum Gasteiger partial charge on any atom is 0.324 e. The molecule has 1 heterocycles. The Morgan fingerprint density at radius 1 is 1.39 bits per heavy atom. The molecule has 1 aliphatic heterocycles. The number of carbonyl (C=O) groups excluding carboxylic acids is 2. The number of nitrogens with one attached hydrogen (secondary N) is 3. The summed E-state index contributed by atoms with van der Waals surface area (Å²) >= 11 is 0. The van der Waals surface area contributed by atoms with Crippen LogP contribution in [0, 0.1) is 0 Å². The predicted molar refractivity (Wildman–Crippen MR) is 69.4 cm³/mol. The van der Waals surface area contributed by atoms with Gasteiger partial charge in [0.1, 0.15) is 0 Å². The van der Waals surface area contributed by atoms with Crippen LogP contribution in [-0.4, -0.2) is 55.5 Å². The van der Waals surface area contributed by atoms with Gasteiger partial charge in [-0.2, -0.15) is 0 Å². The number of rotatable bonds is 6. The van der Waals surface area contributed by atoms with Crippen LogP contribution in [0.5, 0.6) is 0 Å². The summed E-state index contributed by atoms with van der Waals surface area (Å²) in [6, 6.07) is -0.322. The molecular weight excluding hydrogens is 234 g/mol. The van der Waals surface area contributed by atoms with Gasteiger partial charge < -0.3 is 16.0 Å². The maximum absolute atomic E-state index is 11.3. The minimum atomic E-state index is -0.322. The molecule has 0 bridgehead atoms. The lowest BCUT2D eigenvalue weighted by molar-refractivity contribution is -0.124. The zero-order valence-electron chi connectivity index (χ0n) is 11.0. The van der Waals surface area contributed by atoms with E-state index in [9.17, 15) is 9.59 Å². The topological polar surface area (TPSA) is 85.8 Å². The van der Waals surface area contributed by atoms with Gasteiger partial charge >= 0.3 is 6.03 Å². The van der Waals surface area contributed by atoms with Crippen molar-refractivity contribution in [3.05, 3.63) is 0 Å². The van der Waals surface area contributed by atoms with E-state index < -0.39 is 0 Å². The van der Waals surface area contributed by atoms with E-state index in [0.29, 0.717) is 19.0 Å². The van der Waals surface area contributed by atoms with Gasteiger partial charge in [0.25, 0.3) is 0 Å². The van der Waals surface area contributed by atoms with Crippen molar-refractivity contribution in [1.82, 2.24) is 20.9 Å². The van der Waals surface area contributed by atoms with Crippen LogP contribution in [0.4, 0.5) is 4.79 Å². The first-order valence-corrected chi connectivity index (χ1v) is 6.29. The van der Waals surface area contributed by atoms with E-state index in [1.54, 1.807) is 0 Å². The first kappa shape index (κ1) is 14.3. The Balaban J connectivity index is 2.34. The predicted octanol–water partition coefficient (Wildman–Crippen LogP) is -0.497. The number of nitrogens with zero attached hydrogens (tertiary/aromatic N) is 2. The van der Waals surface area contributed by atoms with Gasteiger partial charge in [0.15, 0.2) is 5.96 Å². The molecule has 3 N–H and O–H groups in total. The summed E-state index contributed by atoms with van der Waals surface area (Å²) in [5.74, 6) is 0.531. The first-order chi connectivity index (χ1) is 8.69. The van der Waals surface area contributed by atoms with Crippen molar-refractivity contribution in [3.63, 3.8) is 0 Å². The van der Waals surface area contributed by atoms with E-state index >= 15 is 0 Å². The highest BCUT2D eigenvalue weighted by Crippen LogP contribution is 1.96. The molecular formula is C11H21N5O2. The van der Waals surface area contributed by atoms with E-state index in [1.165, 1.54) is 4.90 Å². The quantitative estimate of drug-likeness (QED) is 0.339. The minimum absolute atomic E-state index is 0.100. The second-order valence-corrected chi connectivity index (χ2v) is 3.89. The van der Waals surface area contributed by atoms with E-state index in [4.69, 9.17) is 0 Å². The van der Waals surface area contributed by atoms with Gasteiger partial charge in [-0.3, -0.25) is 14.7 Å². The summed E-state index contributed by atoms with van der Waals surface area (Å²) in [4.78, 5) is 28.1. The highest BCUT2D eigenvalue weighted by Gasteiger charge is 2.27. The van der Waals surface area contributed by atoms with Crippen molar-refractivity contribution >= 4 is 17.9 Å². The van der Waals surface area contributed by atoms with Crippen molar-refractivity contribution in [1.29, 1.82) is 0 Å². The Bertz CT molecular complexity index is 313. The number of hydrogen-bond acceptors (Lipinski definition) is 3. The summed E-state index contributed by atoms with van der Waals surface area (Å²) in [6.07, 6.45) is 0.976. The van der Waals surface area contributed by atoms with Crippen LogP contribution in [0.3, 0.4) is 0 Å². The molecule has 0 aliphatic carbocycles. The highest BCUT2D eigenvalue weighted by molar-refractivity contribution is 6.01. The summed E-state index contributed by atoms with van der Waals surface area (Å²) in [6.45, 7) is 6.51. The lowest BCUT2D eigenvalue weighted by atomic mass is 10.5. The number of amides is 3. The monoisotopic (exact) mass is 255 g/mol. The molecule has 3 amide bonds. The summed E-state index contributed by atoms with van der Waals surface area (Å²) < 4.78 is 0. The van der Waals surface area contributed by atoms with Gasteiger partial charge in [-0.15, -0.1) is 0 Å². The van der Waals surface area contributed by atoms with E-state index in [1.807, 2.05) is 6.92 Å². The Morgan fingerprint density at radius 3 is 2.72 bits per heavy atom. The van der Waals surface area contributed by atoms with Crippen molar-refractivity contribution in [2.75, 3.05) is 32.7 Å². The zero-order chi connectivity index (χ0) is 13.4. The van der Waals surface area contributed by atoms with Crippen LogP contribution in [-0.2, 0) is 4.79 Å². The minimum Gasteiger partial charge on any atom is -0.357 e. The summed E-state index contributed by atoms with van der Waals surface area (Å²) in [7, 11) is 0. The third-order valence-electron chi connectivity index (χ3n) is 2.40. The van der Waals surface area contributed by atoms with Crippen LogP contribution in [0.1, 0.15) is 20.3 Å². The molecule has 1 fully saturated rings. The summed E-state index contributed by atoms with van der Waals surface area (Å²) in [5, 5.41) is 8.67. The molecule has 0 saturated carbocycles. The lowest BCUT2D eigenvalue weighted by Gasteiger charge is -2.15.